The fourth-order valence-electron chi connectivity index (χ4n) is 2.67. The Morgan fingerprint density at radius 1 is 1.39 bits per heavy atom. The number of carbonyl (C=O) groups is 1. The van der Waals surface area contributed by atoms with Crippen LogP contribution in [0.15, 0.2) is 14.2 Å². The van der Waals surface area contributed by atoms with Crippen molar-refractivity contribution in [1.29, 1.82) is 0 Å². The fourth-order valence-corrected chi connectivity index (χ4v) is 4.42. The summed E-state index contributed by atoms with van der Waals surface area (Å²) in [7, 11) is 0. The maximum atomic E-state index is 12.3. The second-order valence-electron chi connectivity index (χ2n) is 5.81. The van der Waals surface area contributed by atoms with Crippen LogP contribution < -0.4 is 0 Å². The molecule has 2 aromatic heterocycles. The van der Waals surface area contributed by atoms with Crippen LogP contribution in [0.4, 0.5) is 0 Å². The van der Waals surface area contributed by atoms with Crippen molar-refractivity contribution in [3.8, 4) is 0 Å². The van der Waals surface area contributed by atoms with Crippen molar-refractivity contribution in [3.63, 3.8) is 0 Å². The molecule has 0 radical (unpaired) electrons. The van der Waals surface area contributed by atoms with Crippen molar-refractivity contribution in [2.75, 3.05) is 18.8 Å². The molecule has 1 aliphatic heterocycles. The van der Waals surface area contributed by atoms with E-state index in [-0.39, 0.29) is 5.91 Å². The molecule has 1 amide bonds. The third kappa shape index (κ3) is 4.54. The van der Waals surface area contributed by atoms with Crippen molar-refractivity contribution >= 4 is 29.0 Å². The molecule has 0 spiro atoms. The minimum Gasteiger partial charge on any atom is -0.342 e. The largest absolute Gasteiger partial charge is 0.342 e. The number of hydrogen-bond donors (Lipinski definition) is 0. The summed E-state index contributed by atoms with van der Waals surface area (Å²) in [6, 6.07) is 0. The molecule has 2 aromatic rings. The zero-order valence-electron chi connectivity index (χ0n) is 13.3. The van der Waals surface area contributed by atoms with Crippen LogP contribution in [-0.4, -0.2) is 44.8 Å². The summed E-state index contributed by atoms with van der Waals surface area (Å²) < 4.78 is 6.15. The summed E-state index contributed by atoms with van der Waals surface area (Å²) in [5, 5.41) is 5.83. The lowest BCUT2D eigenvalue weighted by Gasteiger charge is -2.31. The highest BCUT2D eigenvalue weighted by Gasteiger charge is 2.24. The monoisotopic (exact) mass is 352 g/mol. The molecule has 124 valence electrons. The Hall–Kier alpha value is -1.41. The standard InChI is InChI=1S/C15H20N4O2S2/c1-10-8-22-15(16-10)23-9-14(20)19-5-3-12(4-6-19)7-13-17-11(2)18-21-13/h8,12H,3-7,9H2,1-2H3. The Bertz CT molecular complexity index is 662. The number of piperidine rings is 1. The van der Waals surface area contributed by atoms with Gasteiger partial charge in [0.25, 0.3) is 0 Å². The molecule has 3 heterocycles. The van der Waals surface area contributed by atoms with Gasteiger partial charge in [0.05, 0.1) is 5.75 Å². The summed E-state index contributed by atoms with van der Waals surface area (Å²) >= 11 is 3.13. The Kier molecular flexibility index (Phi) is 5.32. The van der Waals surface area contributed by atoms with Crippen LogP contribution >= 0.6 is 23.1 Å². The first-order valence-corrected chi connectivity index (χ1v) is 9.58. The lowest BCUT2D eigenvalue weighted by Crippen LogP contribution is -2.39. The van der Waals surface area contributed by atoms with Gasteiger partial charge in [0, 0.05) is 30.6 Å². The molecule has 0 aliphatic carbocycles. The molecule has 1 aliphatic rings. The summed E-state index contributed by atoms with van der Waals surface area (Å²) in [6.45, 7) is 5.43. The molecule has 1 saturated heterocycles. The van der Waals surface area contributed by atoms with Crippen LogP contribution in [0.5, 0.6) is 0 Å². The van der Waals surface area contributed by atoms with Crippen molar-refractivity contribution in [2.45, 2.75) is 37.4 Å². The van der Waals surface area contributed by atoms with Crippen molar-refractivity contribution in [1.82, 2.24) is 20.0 Å². The molecule has 8 heteroatoms. The van der Waals surface area contributed by atoms with E-state index >= 15 is 0 Å². The number of carbonyl (C=O) groups excluding carboxylic acids is 1. The van der Waals surface area contributed by atoms with Gasteiger partial charge in [-0.1, -0.05) is 16.9 Å². The quantitative estimate of drug-likeness (QED) is 0.771. The van der Waals surface area contributed by atoms with Crippen LogP contribution in [0.1, 0.15) is 30.3 Å². The van der Waals surface area contributed by atoms with Crippen molar-refractivity contribution in [2.24, 2.45) is 5.92 Å². The molecule has 0 unspecified atom stereocenters. The zero-order chi connectivity index (χ0) is 16.2. The van der Waals surface area contributed by atoms with Gasteiger partial charge >= 0.3 is 0 Å². The molecule has 1 fully saturated rings. The van der Waals surface area contributed by atoms with Gasteiger partial charge in [0.1, 0.15) is 0 Å². The number of likely N-dealkylation sites (tertiary alicyclic amines) is 1. The minimum atomic E-state index is 0.204. The predicted molar refractivity (Wildman–Crippen MR) is 89.6 cm³/mol. The van der Waals surface area contributed by atoms with E-state index in [4.69, 9.17) is 4.52 Å². The van der Waals surface area contributed by atoms with Crippen LogP contribution in [0.25, 0.3) is 0 Å². The van der Waals surface area contributed by atoms with Crippen molar-refractivity contribution < 1.29 is 9.32 Å². The van der Waals surface area contributed by atoms with Crippen molar-refractivity contribution in [3.05, 3.63) is 22.8 Å². The fraction of sp³-hybridized carbons (Fsp3) is 0.600. The molecule has 0 bridgehead atoms. The van der Waals surface area contributed by atoms with E-state index in [9.17, 15) is 4.79 Å². The highest BCUT2D eigenvalue weighted by atomic mass is 32.2. The number of nitrogens with zero attached hydrogens (tertiary/aromatic N) is 4. The zero-order valence-corrected chi connectivity index (χ0v) is 15.0. The number of hydrogen-bond acceptors (Lipinski definition) is 7. The summed E-state index contributed by atoms with van der Waals surface area (Å²) in [5.74, 6) is 2.59. The smallest absolute Gasteiger partial charge is 0.233 e. The van der Waals surface area contributed by atoms with Gasteiger partial charge in [-0.15, -0.1) is 11.3 Å². The first-order chi connectivity index (χ1) is 11.1. The highest BCUT2D eigenvalue weighted by molar-refractivity contribution is 8.01. The lowest BCUT2D eigenvalue weighted by atomic mass is 9.93. The van der Waals surface area contributed by atoms with Crippen LogP contribution in [0.3, 0.4) is 0 Å². The van der Waals surface area contributed by atoms with Gasteiger partial charge in [-0.05, 0) is 32.6 Å². The first-order valence-electron chi connectivity index (χ1n) is 7.72. The number of thiazole rings is 1. The van der Waals surface area contributed by atoms with Gasteiger partial charge in [-0.3, -0.25) is 4.79 Å². The highest BCUT2D eigenvalue weighted by Crippen LogP contribution is 2.25. The Morgan fingerprint density at radius 3 is 2.78 bits per heavy atom. The summed E-state index contributed by atoms with van der Waals surface area (Å²) in [6.07, 6.45) is 2.80. The summed E-state index contributed by atoms with van der Waals surface area (Å²) in [4.78, 5) is 22.9. The molecule has 0 N–H and O–H groups in total. The number of aromatic nitrogens is 3. The first kappa shape index (κ1) is 16.4. The molecule has 0 aromatic carbocycles. The van der Waals surface area contributed by atoms with E-state index in [1.54, 1.807) is 11.3 Å². The van der Waals surface area contributed by atoms with Gasteiger partial charge in [0.2, 0.25) is 11.8 Å². The van der Waals surface area contributed by atoms with E-state index < -0.39 is 0 Å². The predicted octanol–water partition coefficient (Wildman–Crippen LogP) is 2.72. The topological polar surface area (TPSA) is 72.1 Å². The van der Waals surface area contributed by atoms with Gasteiger partial charge in [0.15, 0.2) is 10.2 Å². The van der Waals surface area contributed by atoms with E-state index in [1.807, 2.05) is 24.1 Å². The van der Waals surface area contributed by atoms with E-state index in [0.29, 0.717) is 23.4 Å². The molecule has 0 atom stereocenters. The molecule has 6 nitrogen and oxygen atoms in total. The normalized spacial score (nSPS) is 16.0. The van der Waals surface area contributed by atoms with Gasteiger partial charge in [-0.25, -0.2) is 4.98 Å². The Morgan fingerprint density at radius 2 is 2.17 bits per heavy atom. The maximum absolute atomic E-state index is 12.3. The van der Waals surface area contributed by atoms with E-state index in [1.165, 1.54) is 11.8 Å². The number of thioether (sulfide) groups is 1. The van der Waals surface area contributed by atoms with E-state index in [2.05, 4.69) is 15.1 Å². The Labute approximate surface area is 143 Å². The van der Waals surface area contributed by atoms with Crippen LogP contribution in [-0.2, 0) is 11.2 Å². The third-order valence-electron chi connectivity index (χ3n) is 3.92. The van der Waals surface area contributed by atoms with Crippen LogP contribution in [0, 0.1) is 19.8 Å². The minimum absolute atomic E-state index is 0.204. The average molecular weight is 352 g/mol. The Balaban J connectivity index is 1.42. The second kappa shape index (κ2) is 7.44. The van der Waals surface area contributed by atoms with Crippen LogP contribution in [0.2, 0.25) is 0 Å². The van der Waals surface area contributed by atoms with E-state index in [0.717, 1.165) is 42.4 Å². The average Bonchev–Trinajstić information content (AvgIpc) is 3.14. The molecular weight excluding hydrogens is 332 g/mol. The molecule has 0 saturated carbocycles. The lowest BCUT2D eigenvalue weighted by molar-refractivity contribution is -0.129. The second-order valence-corrected chi connectivity index (χ2v) is 7.89. The summed E-state index contributed by atoms with van der Waals surface area (Å²) in [5.41, 5.74) is 1.02. The molecular formula is C15H20N4O2S2. The van der Waals surface area contributed by atoms with Gasteiger partial charge < -0.3 is 9.42 Å². The number of aryl methyl sites for hydroxylation is 2. The van der Waals surface area contributed by atoms with Gasteiger partial charge in [-0.2, -0.15) is 4.98 Å². The number of rotatable bonds is 5. The maximum Gasteiger partial charge on any atom is 0.233 e. The molecule has 23 heavy (non-hydrogen) atoms. The molecule has 3 rings (SSSR count). The SMILES string of the molecule is Cc1csc(SCC(=O)N2CCC(Cc3nc(C)no3)CC2)n1. The number of amides is 1. The third-order valence-corrected chi connectivity index (χ3v) is 6.04.